The van der Waals surface area contributed by atoms with Crippen LogP contribution in [0.15, 0.2) is 24.4 Å². The molecule has 1 aromatic heterocycles. The van der Waals surface area contributed by atoms with Gasteiger partial charge in [0.15, 0.2) is 11.6 Å². The Kier molecular flexibility index (Phi) is 4.42. The number of halogens is 2. The van der Waals surface area contributed by atoms with Crippen LogP contribution in [-0.4, -0.2) is 21.0 Å². The van der Waals surface area contributed by atoms with Crippen LogP contribution >= 0.6 is 23.2 Å². The van der Waals surface area contributed by atoms with E-state index in [1.165, 1.54) is 6.20 Å². The Morgan fingerprint density at radius 3 is 2.55 bits per heavy atom. The molecule has 7 heteroatoms. The van der Waals surface area contributed by atoms with E-state index in [-0.39, 0.29) is 12.2 Å². The van der Waals surface area contributed by atoms with Gasteiger partial charge in [-0.3, -0.25) is 0 Å². The highest BCUT2D eigenvalue weighted by molar-refractivity contribution is 6.37. The van der Waals surface area contributed by atoms with Crippen molar-refractivity contribution in [1.82, 2.24) is 9.97 Å². The first-order chi connectivity index (χ1) is 9.49. The Hall–Kier alpha value is -1.85. The molecular formula is C13H10Cl2N2O3. The molecule has 0 spiro atoms. The second kappa shape index (κ2) is 6.07. The minimum absolute atomic E-state index is 0.0458. The number of aromatic carboxylic acids is 1. The molecule has 20 heavy (non-hydrogen) atoms. The molecule has 1 N–H and O–H groups in total. The first kappa shape index (κ1) is 14.6. The Balaban J connectivity index is 2.16. The van der Waals surface area contributed by atoms with Crippen molar-refractivity contribution in [3.05, 3.63) is 51.5 Å². The molecule has 0 aliphatic heterocycles. The molecule has 0 aliphatic rings. The van der Waals surface area contributed by atoms with Gasteiger partial charge in [0.25, 0.3) is 0 Å². The van der Waals surface area contributed by atoms with E-state index >= 15 is 0 Å². The fourth-order valence-corrected chi connectivity index (χ4v) is 2.06. The molecule has 0 amide bonds. The zero-order valence-electron chi connectivity index (χ0n) is 10.4. The maximum absolute atomic E-state index is 10.9. The van der Waals surface area contributed by atoms with Crippen LogP contribution in [0.2, 0.25) is 10.0 Å². The van der Waals surface area contributed by atoms with Gasteiger partial charge < -0.3 is 9.84 Å². The number of benzene rings is 1. The van der Waals surface area contributed by atoms with Crippen LogP contribution in [0.5, 0.6) is 5.75 Å². The summed E-state index contributed by atoms with van der Waals surface area (Å²) in [6, 6.07) is 5.02. The zero-order valence-corrected chi connectivity index (χ0v) is 11.9. The maximum Gasteiger partial charge on any atom is 0.339 e. The predicted octanol–water partition coefficient (Wildman–Crippen LogP) is 3.37. The average molecular weight is 313 g/mol. The van der Waals surface area contributed by atoms with E-state index in [2.05, 4.69) is 9.97 Å². The van der Waals surface area contributed by atoms with Crippen LogP contribution < -0.4 is 4.74 Å². The highest BCUT2D eigenvalue weighted by Gasteiger charge is 2.11. The molecule has 1 aromatic carbocycles. The first-order valence-corrected chi connectivity index (χ1v) is 6.37. The van der Waals surface area contributed by atoms with E-state index in [9.17, 15) is 4.79 Å². The van der Waals surface area contributed by atoms with Crippen LogP contribution in [0.3, 0.4) is 0 Å². The average Bonchev–Trinajstić information content (AvgIpc) is 2.37. The topological polar surface area (TPSA) is 72.3 Å². The third-order valence-electron chi connectivity index (χ3n) is 2.52. The zero-order chi connectivity index (χ0) is 14.7. The number of aryl methyl sites for hydroxylation is 1. The number of carboxylic acids is 1. The largest absolute Gasteiger partial charge is 0.482 e. The number of para-hydroxylation sites is 1. The molecule has 0 atom stereocenters. The number of ether oxygens (including phenoxy) is 1. The second-order valence-electron chi connectivity index (χ2n) is 3.93. The number of hydrogen-bond donors (Lipinski definition) is 1. The van der Waals surface area contributed by atoms with E-state index in [1.54, 1.807) is 25.1 Å². The summed E-state index contributed by atoms with van der Waals surface area (Å²) in [4.78, 5) is 18.9. The summed E-state index contributed by atoms with van der Waals surface area (Å²) in [6.45, 7) is 1.64. The molecular weight excluding hydrogens is 303 g/mol. The van der Waals surface area contributed by atoms with Crippen molar-refractivity contribution in [2.45, 2.75) is 13.5 Å². The summed E-state index contributed by atoms with van der Waals surface area (Å²) in [6.07, 6.45) is 1.25. The molecule has 5 nitrogen and oxygen atoms in total. The van der Waals surface area contributed by atoms with Gasteiger partial charge in [-0.05, 0) is 19.1 Å². The van der Waals surface area contributed by atoms with Gasteiger partial charge in [0.1, 0.15) is 6.61 Å². The molecule has 0 aliphatic carbocycles. The van der Waals surface area contributed by atoms with Crippen LogP contribution in [0.1, 0.15) is 21.9 Å². The van der Waals surface area contributed by atoms with Gasteiger partial charge in [-0.1, -0.05) is 29.3 Å². The fraction of sp³-hybridized carbons (Fsp3) is 0.154. The first-order valence-electron chi connectivity index (χ1n) is 5.61. The van der Waals surface area contributed by atoms with Gasteiger partial charge in [0.05, 0.1) is 21.3 Å². The van der Waals surface area contributed by atoms with E-state index in [0.29, 0.717) is 27.3 Å². The van der Waals surface area contributed by atoms with Crippen molar-refractivity contribution in [3.8, 4) is 5.75 Å². The minimum atomic E-state index is -1.07. The van der Waals surface area contributed by atoms with Crippen molar-refractivity contribution in [3.63, 3.8) is 0 Å². The summed E-state index contributed by atoms with van der Waals surface area (Å²) < 4.78 is 5.47. The third kappa shape index (κ3) is 3.18. The van der Waals surface area contributed by atoms with Crippen LogP contribution in [0, 0.1) is 6.92 Å². The van der Waals surface area contributed by atoms with Crippen LogP contribution in [0.4, 0.5) is 0 Å². The monoisotopic (exact) mass is 312 g/mol. The van der Waals surface area contributed by atoms with Gasteiger partial charge in [-0.2, -0.15) is 0 Å². The molecule has 104 valence electrons. The Bertz CT molecular complexity index is 642. The highest BCUT2D eigenvalue weighted by atomic mass is 35.5. The van der Waals surface area contributed by atoms with Gasteiger partial charge in [0.2, 0.25) is 0 Å². The lowest BCUT2D eigenvalue weighted by Crippen LogP contribution is -2.08. The van der Waals surface area contributed by atoms with Crippen molar-refractivity contribution >= 4 is 29.2 Å². The van der Waals surface area contributed by atoms with Gasteiger partial charge >= 0.3 is 5.97 Å². The van der Waals surface area contributed by atoms with Crippen molar-refractivity contribution in [1.29, 1.82) is 0 Å². The highest BCUT2D eigenvalue weighted by Crippen LogP contribution is 2.32. The number of hydrogen-bond acceptors (Lipinski definition) is 4. The second-order valence-corrected chi connectivity index (χ2v) is 4.74. The lowest BCUT2D eigenvalue weighted by atomic mass is 10.2. The summed E-state index contributed by atoms with van der Waals surface area (Å²) >= 11 is 11.9. The Morgan fingerprint density at radius 1 is 1.35 bits per heavy atom. The number of carbonyl (C=O) groups is 1. The van der Waals surface area contributed by atoms with Crippen molar-refractivity contribution in [2.75, 3.05) is 0 Å². The molecule has 2 rings (SSSR count). The number of aromatic nitrogens is 2. The fourth-order valence-electron chi connectivity index (χ4n) is 1.55. The van der Waals surface area contributed by atoms with E-state index in [0.717, 1.165) is 0 Å². The quantitative estimate of drug-likeness (QED) is 0.937. The summed E-state index contributed by atoms with van der Waals surface area (Å²) in [5.41, 5.74) is 0.431. The SMILES string of the molecule is Cc1nc(COc2c(Cl)cccc2Cl)ncc1C(=O)O. The summed E-state index contributed by atoms with van der Waals surface area (Å²) in [7, 11) is 0. The molecule has 0 bridgehead atoms. The molecule has 0 saturated carbocycles. The standard InChI is InChI=1S/C13H10Cl2N2O3/c1-7-8(13(18)19)5-16-11(17-7)6-20-12-9(14)3-2-4-10(12)15/h2-5H,6H2,1H3,(H,18,19). The normalized spacial score (nSPS) is 10.3. The molecule has 0 unspecified atom stereocenters. The smallest absolute Gasteiger partial charge is 0.339 e. The molecule has 0 saturated heterocycles. The van der Waals surface area contributed by atoms with E-state index in [4.69, 9.17) is 33.0 Å². The lowest BCUT2D eigenvalue weighted by molar-refractivity contribution is 0.0695. The van der Waals surface area contributed by atoms with Gasteiger partial charge in [-0.15, -0.1) is 0 Å². The molecule has 2 aromatic rings. The van der Waals surface area contributed by atoms with E-state index < -0.39 is 5.97 Å². The number of nitrogens with zero attached hydrogens (tertiary/aromatic N) is 2. The third-order valence-corrected chi connectivity index (χ3v) is 3.12. The van der Waals surface area contributed by atoms with Gasteiger partial charge in [0, 0.05) is 6.20 Å². The maximum atomic E-state index is 10.9. The van der Waals surface area contributed by atoms with E-state index in [1.807, 2.05) is 0 Å². The Labute approximate surface area is 125 Å². The lowest BCUT2D eigenvalue weighted by Gasteiger charge is -2.09. The van der Waals surface area contributed by atoms with Crippen LogP contribution in [0.25, 0.3) is 0 Å². The summed E-state index contributed by atoms with van der Waals surface area (Å²) in [5.74, 6) is -0.369. The predicted molar refractivity (Wildman–Crippen MR) is 74.5 cm³/mol. The molecule has 0 radical (unpaired) electrons. The van der Waals surface area contributed by atoms with Crippen molar-refractivity contribution < 1.29 is 14.6 Å². The van der Waals surface area contributed by atoms with Crippen molar-refractivity contribution in [2.24, 2.45) is 0 Å². The number of rotatable bonds is 4. The molecule has 1 heterocycles. The van der Waals surface area contributed by atoms with Crippen LogP contribution in [-0.2, 0) is 6.61 Å². The minimum Gasteiger partial charge on any atom is -0.482 e. The number of carboxylic acid groups (broad SMARTS) is 1. The summed E-state index contributed by atoms with van der Waals surface area (Å²) in [5, 5.41) is 9.66. The molecule has 0 fully saturated rings. The Morgan fingerprint density at radius 2 is 2.00 bits per heavy atom. The van der Waals surface area contributed by atoms with Gasteiger partial charge in [-0.25, -0.2) is 14.8 Å².